The Morgan fingerprint density at radius 2 is 1.59 bits per heavy atom. The number of nitrogens with one attached hydrogen (secondary N) is 2. The predicted molar refractivity (Wildman–Crippen MR) is 99.9 cm³/mol. The monoisotopic (exact) mass is 387 g/mol. The molecular weight excluding hydrogens is 354 g/mol. The zero-order chi connectivity index (χ0) is 21.4. The van der Waals surface area contributed by atoms with E-state index in [9.17, 15) is 19.2 Å². The molecule has 3 amide bonds. The third kappa shape index (κ3) is 9.81. The second-order valence-electron chi connectivity index (χ2n) is 7.78. The molecule has 156 valence electrons. The van der Waals surface area contributed by atoms with Gasteiger partial charge in [-0.2, -0.15) is 0 Å². The minimum Gasteiger partial charge on any atom is -0.467 e. The summed E-state index contributed by atoms with van der Waals surface area (Å²) < 4.78 is 9.88. The molecule has 0 aromatic rings. The molecule has 9 heteroatoms. The summed E-state index contributed by atoms with van der Waals surface area (Å²) in [5.41, 5.74) is -0.705. The number of hydrogen-bond donors (Lipinski definition) is 2. The zero-order valence-electron chi connectivity index (χ0n) is 17.5. The highest BCUT2D eigenvalue weighted by Crippen LogP contribution is 2.10. The summed E-state index contributed by atoms with van der Waals surface area (Å²) >= 11 is 0. The Morgan fingerprint density at radius 3 is 2.00 bits per heavy atom. The molecule has 0 spiro atoms. The van der Waals surface area contributed by atoms with Crippen LogP contribution in [0.2, 0.25) is 0 Å². The van der Waals surface area contributed by atoms with E-state index in [-0.39, 0.29) is 24.7 Å². The maximum atomic E-state index is 12.6. The molecule has 0 saturated carbocycles. The van der Waals surface area contributed by atoms with E-state index in [1.165, 1.54) is 12.0 Å². The summed E-state index contributed by atoms with van der Waals surface area (Å²) in [4.78, 5) is 49.7. The Hall–Kier alpha value is -2.32. The number of carbonyl (C=O) groups is 4. The number of alkyl carbamates (subject to hydrolysis) is 1. The molecule has 9 nitrogen and oxygen atoms in total. The third-order valence-corrected chi connectivity index (χ3v) is 3.57. The first-order valence-electron chi connectivity index (χ1n) is 8.86. The summed E-state index contributed by atoms with van der Waals surface area (Å²) in [6.45, 7) is 8.65. The molecule has 2 atom stereocenters. The standard InChI is InChI=1S/C18H33N3O6/c1-11(2)14(20-17(25)27-18(3,4)5)15(23)19-12(16(24)26-8)9-10-13(22)21(6)7/h11-12,14H,9-10H2,1-8H3,(H,19,23)(H,20,25)/t12-,14-/m0/s1. The zero-order valence-corrected chi connectivity index (χ0v) is 17.5. The van der Waals surface area contributed by atoms with Crippen LogP contribution in [-0.2, 0) is 23.9 Å². The van der Waals surface area contributed by atoms with Crippen LogP contribution >= 0.6 is 0 Å². The van der Waals surface area contributed by atoms with Gasteiger partial charge < -0.3 is 25.0 Å². The number of rotatable bonds is 8. The van der Waals surface area contributed by atoms with Crippen LogP contribution in [0.1, 0.15) is 47.5 Å². The molecule has 0 aliphatic heterocycles. The smallest absolute Gasteiger partial charge is 0.408 e. The van der Waals surface area contributed by atoms with E-state index in [0.29, 0.717) is 0 Å². The number of esters is 1. The highest BCUT2D eigenvalue weighted by Gasteiger charge is 2.31. The number of methoxy groups -OCH3 is 1. The van der Waals surface area contributed by atoms with Crippen molar-refractivity contribution in [2.75, 3.05) is 21.2 Å². The fourth-order valence-electron chi connectivity index (χ4n) is 2.11. The quantitative estimate of drug-likeness (QED) is 0.602. The van der Waals surface area contributed by atoms with Crippen molar-refractivity contribution in [3.63, 3.8) is 0 Å². The van der Waals surface area contributed by atoms with Crippen LogP contribution in [0.4, 0.5) is 4.79 Å². The van der Waals surface area contributed by atoms with Crippen LogP contribution in [0.15, 0.2) is 0 Å². The van der Waals surface area contributed by atoms with Gasteiger partial charge in [0.15, 0.2) is 0 Å². The predicted octanol–water partition coefficient (Wildman–Crippen LogP) is 1.06. The summed E-state index contributed by atoms with van der Waals surface area (Å²) in [6.07, 6.45) is -0.570. The molecule has 0 aliphatic carbocycles. The van der Waals surface area contributed by atoms with E-state index in [0.717, 1.165) is 0 Å². The topological polar surface area (TPSA) is 114 Å². The van der Waals surface area contributed by atoms with Crippen LogP contribution in [-0.4, -0.2) is 67.7 Å². The molecular formula is C18H33N3O6. The van der Waals surface area contributed by atoms with E-state index in [1.807, 2.05) is 0 Å². The van der Waals surface area contributed by atoms with Crippen LogP contribution in [0.5, 0.6) is 0 Å². The van der Waals surface area contributed by atoms with Gasteiger partial charge in [-0.1, -0.05) is 13.8 Å². The lowest BCUT2D eigenvalue weighted by molar-refractivity contribution is -0.146. The van der Waals surface area contributed by atoms with Crippen molar-refractivity contribution >= 4 is 23.9 Å². The van der Waals surface area contributed by atoms with Crippen molar-refractivity contribution in [2.45, 2.75) is 65.1 Å². The minimum absolute atomic E-state index is 0.0683. The van der Waals surface area contributed by atoms with Crippen molar-refractivity contribution in [3.05, 3.63) is 0 Å². The number of carbonyl (C=O) groups excluding carboxylic acids is 4. The fourth-order valence-corrected chi connectivity index (χ4v) is 2.11. The summed E-state index contributed by atoms with van der Waals surface area (Å²) in [7, 11) is 4.41. The molecule has 0 aromatic heterocycles. The lowest BCUT2D eigenvalue weighted by atomic mass is 10.0. The SMILES string of the molecule is COC(=O)[C@H](CCC(=O)N(C)C)NC(=O)[C@@H](NC(=O)OC(C)(C)C)C(C)C. The Kier molecular flexibility index (Phi) is 9.82. The van der Waals surface area contributed by atoms with Gasteiger partial charge in [0.2, 0.25) is 11.8 Å². The van der Waals surface area contributed by atoms with E-state index < -0.39 is 35.7 Å². The average Bonchev–Trinajstić information content (AvgIpc) is 2.52. The van der Waals surface area contributed by atoms with Gasteiger partial charge in [0, 0.05) is 20.5 Å². The molecule has 2 N–H and O–H groups in total. The molecule has 0 aromatic carbocycles. The molecule has 27 heavy (non-hydrogen) atoms. The lowest BCUT2D eigenvalue weighted by Crippen LogP contribution is -2.54. The molecule has 0 radical (unpaired) electrons. The van der Waals surface area contributed by atoms with Gasteiger partial charge >= 0.3 is 12.1 Å². The maximum Gasteiger partial charge on any atom is 0.408 e. The van der Waals surface area contributed by atoms with Crippen LogP contribution in [0.25, 0.3) is 0 Å². The highest BCUT2D eigenvalue weighted by molar-refractivity contribution is 5.90. The Bertz CT molecular complexity index is 540. The van der Waals surface area contributed by atoms with E-state index >= 15 is 0 Å². The van der Waals surface area contributed by atoms with Gasteiger partial charge in [-0.05, 0) is 33.1 Å². The fraction of sp³-hybridized carbons (Fsp3) is 0.778. The Balaban J connectivity index is 5.08. The molecule has 0 aliphatic rings. The van der Waals surface area contributed by atoms with Crippen molar-refractivity contribution < 1.29 is 28.7 Å². The third-order valence-electron chi connectivity index (χ3n) is 3.57. The number of hydrogen-bond acceptors (Lipinski definition) is 6. The first-order valence-corrected chi connectivity index (χ1v) is 8.86. The second-order valence-corrected chi connectivity index (χ2v) is 7.78. The van der Waals surface area contributed by atoms with Crippen molar-refractivity contribution in [3.8, 4) is 0 Å². The van der Waals surface area contributed by atoms with Crippen LogP contribution in [0.3, 0.4) is 0 Å². The highest BCUT2D eigenvalue weighted by atomic mass is 16.6. The molecule has 0 fully saturated rings. The van der Waals surface area contributed by atoms with Gasteiger partial charge in [0.05, 0.1) is 7.11 Å². The first kappa shape index (κ1) is 24.7. The normalized spacial score (nSPS) is 13.4. The minimum atomic E-state index is -0.993. The van der Waals surface area contributed by atoms with E-state index in [2.05, 4.69) is 10.6 Å². The summed E-state index contributed by atoms with van der Waals surface area (Å²) in [5.74, 6) is -1.64. The first-order chi connectivity index (χ1) is 12.3. The maximum absolute atomic E-state index is 12.6. The van der Waals surface area contributed by atoms with E-state index in [4.69, 9.17) is 9.47 Å². The van der Waals surface area contributed by atoms with Gasteiger partial charge in [-0.3, -0.25) is 9.59 Å². The van der Waals surface area contributed by atoms with Crippen LogP contribution < -0.4 is 10.6 Å². The average molecular weight is 387 g/mol. The largest absolute Gasteiger partial charge is 0.467 e. The summed E-state index contributed by atoms with van der Waals surface area (Å²) in [5, 5.41) is 5.07. The van der Waals surface area contributed by atoms with Gasteiger partial charge in [-0.25, -0.2) is 9.59 Å². The van der Waals surface area contributed by atoms with Crippen molar-refractivity contribution in [1.29, 1.82) is 0 Å². The lowest BCUT2D eigenvalue weighted by Gasteiger charge is -2.26. The van der Waals surface area contributed by atoms with Gasteiger partial charge in [0.1, 0.15) is 17.7 Å². The second kappa shape index (κ2) is 10.7. The molecule has 0 unspecified atom stereocenters. The number of amides is 3. The molecule has 0 heterocycles. The number of ether oxygens (including phenoxy) is 2. The Labute approximate surface area is 161 Å². The summed E-state index contributed by atoms with van der Waals surface area (Å²) in [6, 6.07) is -1.90. The molecule has 0 saturated heterocycles. The molecule has 0 bridgehead atoms. The van der Waals surface area contributed by atoms with Gasteiger partial charge in [0.25, 0.3) is 0 Å². The Morgan fingerprint density at radius 1 is 1.04 bits per heavy atom. The number of nitrogens with zero attached hydrogens (tertiary/aromatic N) is 1. The van der Waals surface area contributed by atoms with Crippen molar-refractivity contribution in [2.24, 2.45) is 5.92 Å². The van der Waals surface area contributed by atoms with E-state index in [1.54, 1.807) is 48.7 Å². The van der Waals surface area contributed by atoms with Crippen molar-refractivity contribution in [1.82, 2.24) is 15.5 Å². The molecule has 0 rings (SSSR count). The van der Waals surface area contributed by atoms with Crippen LogP contribution in [0, 0.1) is 5.92 Å². The van der Waals surface area contributed by atoms with Gasteiger partial charge in [-0.15, -0.1) is 0 Å².